The molecule has 0 saturated heterocycles. The van der Waals surface area contributed by atoms with Gasteiger partial charge in [0.15, 0.2) is 0 Å². The summed E-state index contributed by atoms with van der Waals surface area (Å²) in [6, 6.07) is 5.46. The summed E-state index contributed by atoms with van der Waals surface area (Å²) in [4.78, 5) is 0. The molecule has 0 bridgehead atoms. The van der Waals surface area contributed by atoms with E-state index in [1.807, 2.05) is 6.20 Å². The van der Waals surface area contributed by atoms with E-state index < -0.39 is 0 Å². The molecule has 2 aromatic rings. The predicted octanol–water partition coefficient (Wildman–Crippen LogP) is 1.73. The van der Waals surface area contributed by atoms with E-state index in [2.05, 4.69) is 15.6 Å². The number of hydrogen-bond donors (Lipinski definition) is 1. The molecule has 1 aromatic carbocycles. The Morgan fingerprint density at radius 3 is 3.00 bits per heavy atom. The number of rotatable bonds is 6. The molecule has 0 aliphatic heterocycles. The SMILES string of the molecule is COc1ccc(Cn2cc(CNC3CC3)nn2)c(F)c1. The van der Waals surface area contributed by atoms with Crippen LogP contribution < -0.4 is 10.1 Å². The molecule has 1 N–H and O–H groups in total. The molecule has 0 atom stereocenters. The van der Waals surface area contributed by atoms with Crippen LogP contribution in [-0.4, -0.2) is 28.1 Å². The van der Waals surface area contributed by atoms with Crippen molar-refractivity contribution in [3.8, 4) is 5.75 Å². The lowest BCUT2D eigenvalue weighted by molar-refractivity contribution is 0.410. The van der Waals surface area contributed by atoms with Gasteiger partial charge in [-0.1, -0.05) is 11.3 Å². The number of methoxy groups -OCH3 is 1. The Kier molecular flexibility index (Phi) is 3.64. The van der Waals surface area contributed by atoms with E-state index in [0.29, 0.717) is 23.9 Å². The maximum absolute atomic E-state index is 13.8. The maximum atomic E-state index is 13.8. The summed E-state index contributed by atoms with van der Waals surface area (Å²) in [6.45, 7) is 1.09. The molecule has 0 radical (unpaired) electrons. The Morgan fingerprint density at radius 2 is 2.30 bits per heavy atom. The van der Waals surface area contributed by atoms with Crippen LogP contribution in [0.1, 0.15) is 24.1 Å². The van der Waals surface area contributed by atoms with Crippen LogP contribution in [0.25, 0.3) is 0 Å². The first-order chi connectivity index (χ1) is 9.74. The first kappa shape index (κ1) is 13.1. The molecule has 3 rings (SSSR count). The molecule has 0 unspecified atom stereocenters. The highest BCUT2D eigenvalue weighted by molar-refractivity contribution is 5.28. The first-order valence-electron chi connectivity index (χ1n) is 6.69. The summed E-state index contributed by atoms with van der Waals surface area (Å²) in [5.41, 5.74) is 1.45. The van der Waals surface area contributed by atoms with Crippen molar-refractivity contribution < 1.29 is 9.13 Å². The number of benzene rings is 1. The van der Waals surface area contributed by atoms with Crippen LogP contribution in [0.15, 0.2) is 24.4 Å². The van der Waals surface area contributed by atoms with E-state index in [1.54, 1.807) is 16.8 Å². The Morgan fingerprint density at radius 1 is 1.45 bits per heavy atom. The zero-order chi connectivity index (χ0) is 13.9. The normalized spacial score (nSPS) is 14.5. The van der Waals surface area contributed by atoms with E-state index in [9.17, 15) is 4.39 Å². The second kappa shape index (κ2) is 5.58. The van der Waals surface area contributed by atoms with E-state index in [-0.39, 0.29) is 5.82 Å². The number of aromatic nitrogens is 3. The molecule has 1 aliphatic carbocycles. The predicted molar refractivity (Wildman–Crippen MR) is 71.9 cm³/mol. The van der Waals surface area contributed by atoms with E-state index in [4.69, 9.17) is 4.74 Å². The lowest BCUT2D eigenvalue weighted by Gasteiger charge is -2.05. The van der Waals surface area contributed by atoms with Crippen LogP contribution in [-0.2, 0) is 13.1 Å². The molecule has 6 heteroatoms. The number of ether oxygens (including phenoxy) is 1. The zero-order valence-electron chi connectivity index (χ0n) is 11.3. The third kappa shape index (κ3) is 3.14. The molecule has 5 nitrogen and oxygen atoms in total. The highest BCUT2D eigenvalue weighted by atomic mass is 19.1. The number of nitrogens with zero attached hydrogens (tertiary/aromatic N) is 3. The molecule has 0 amide bonds. The van der Waals surface area contributed by atoms with Gasteiger partial charge in [0, 0.05) is 24.2 Å². The molecule has 106 valence electrons. The van der Waals surface area contributed by atoms with Crippen LogP contribution in [0.5, 0.6) is 5.75 Å². The van der Waals surface area contributed by atoms with Gasteiger partial charge in [-0.15, -0.1) is 5.10 Å². The van der Waals surface area contributed by atoms with Crippen molar-refractivity contribution in [3.05, 3.63) is 41.5 Å². The van der Waals surface area contributed by atoms with Gasteiger partial charge >= 0.3 is 0 Å². The minimum absolute atomic E-state index is 0.294. The van der Waals surface area contributed by atoms with Gasteiger partial charge in [0.1, 0.15) is 11.6 Å². The van der Waals surface area contributed by atoms with E-state index in [0.717, 1.165) is 12.2 Å². The third-order valence-electron chi connectivity index (χ3n) is 3.33. The highest BCUT2D eigenvalue weighted by Gasteiger charge is 2.20. The Labute approximate surface area is 116 Å². The van der Waals surface area contributed by atoms with Crippen LogP contribution >= 0.6 is 0 Å². The number of halogens is 1. The van der Waals surface area contributed by atoms with Gasteiger partial charge in [0.05, 0.1) is 25.5 Å². The van der Waals surface area contributed by atoms with Gasteiger partial charge in [-0.2, -0.15) is 0 Å². The quantitative estimate of drug-likeness (QED) is 0.873. The largest absolute Gasteiger partial charge is 0.497 e. The molecule has 1 heterocycles. The van der Waals surface area contributed by atoms with Crippen LogP contribution in [0, 0.1) is 5.82 Å². The minimum atomic E-state index is -0.294. The van der Waals surface area contributed by atoms with E-state index >= 15 is 0 Å². The van der Waals surface area contributed by atoms with Gasteiger partial charge in [0.2, 0.25) is 0 Å². The maximum Gasteiger partial charge on any atom is 0.131 e. The average molecular weight is 276 g/mol. The molecule has 1 aromatic heterocycles. The van der Waals surface area contributed by atoms with Crippen molar-refractivity contribution in [1.29, 1.82) is 0 Å². The topological polar surface area (TPSA) is 52.0 Å². The highest BCUT2D eigenvalue weighted by Crippen LogP contribution is 2.19. The monoisotopic (exact) mass is 276 g/mol. The summed E-state index contributed by atoms with van der Waals surface area (Å²) in [6.07, 6.45) is 4.33. The number of hydrogen-bond acceptors (Lipinski definition) is 4. The van der Waals surface area contributed by atoms with Gasteiger partial charge < -0.3 is 10.1 Å². The molecule has 1 fully saturated rings. The third-order valence-corrected chi connectivity index (χ3v) is 3.33. The van der Waals surface area contributed by atoms with Crippen molar-refractivity contribution in [1.82, 2.24) is 20.3 Å². The van der Waals surface area contributed by atoms with Crippen LogP contribution in [0.2, 0.25) is 0 Å². The smallest absolute Gasteiger partial charge is 0.131 e. The summed E-state index contributed by atoms with van der Waals surface area (Å²) < 4.78 is 20.5. The van der Waals surface area contributed by atoms with Crippen molar-refractivity contribution in [2.75, 3.05) is 7.11 Å². The first-order valence-corrected chi connectivity index (χ1v) is 6.69. The fraction of sp³-hybridized carbons (Fsp3) is 0.429. The van der Waals surface area contributed by atoms with Crippen LogP contribution in [0.4, 0.5) is 4.39 Å². The van der Waals surface area contributed by atoms with Crippen molar-refractivity contribution in [2.24, 2.45) is 0 Å². The summed E-state index contributed by atoms with van der Waals surface area (Å²) in [5.74, 6) is 0.219. The molecule has 0 spiro atoms. The van der Waals surface area contributed by atoms with Crippen molar-refractivity contribution in [3.63, 3.8) is 0 Å². The molecule has 20 heavy (non-hydrogen) atoms. The van der Waals surface area contributed by atoms with Gasteiger partial charge in [-0.3, -0.25) is 0 Å². The Hall–Kier alpha value is -1.95. The van der Waals surface area contributed by atoms with Gasteiger partial charge in [0.25, 0.3) is 0 Å². The lowest BCUT2D eigenvalue weighted by atomic mass is 10.2. The Balaban J connectivity index is 1.64. The van der Waals surface area contributed by atoms with Crippen molar-refractivity contribution >= 4 is 0 Å². The minimum Gasteiger partial charge on any atom is -0.497 e. The summed E-state index contributed by atoms with van der Waals surface area (Å²) in [5, 5.41) is 11.5. The summed E-state index contributed by atoms with van der Waals surface area (Å²) in [7, 11) is 1.52. The second-order valence-corrected chi connectivity index (χ2v) is 5.02. The van der Waals surface area contributed by atoms with Gasteiger partial charge in [-0.25, -0.2) is 9.07 Å². The second-order valence-electron chi connectivity index (χ2n) is 5.02. The fourth-order valence-electron chi connectivity index (χ4n) is 1.99. The Bertz CT molecular complexity index is 595. The molecule has 1 aliphatic rings. The average Bonchev–Trinajstić information content (AvgIpc) is 3.18. The van der Waals surface area contributed by atoms with Crippen molar-refractivity contribution in [2.45, 2.75) is 32.0 Å². The molecular formula is C14H17FN4O. The van der Waals surface area contributed by atoms with E-state index in [1.165, 1.54) is 26.0 Å². The molecular weight excluding hydrogens is 259 g/mol. The number of nitrogens with one attached hydrogen (secondary N) is 1. The zero-order valence-corrected chi connectivity index (χ0v) is 11.3. The standard InChI is InChI=1S/C14H17FN4O/c1-20-13-5-2-10(14(15)6-13)8-19-9-12(17-18-19)7-16-11-3-4-11/h2,5-6,9,11,16H,3-4,7-8H2,1H3. The summed E-state index contributed by atoms with van der Waals surface area (Å²) >= 11 is 0. The molecule has 1 saturated carbocycles. The van der Waals surface area contributed by atoms with Gasteiger partial charge in [-0.05, 0) is 18.9 Å². The fourth-order valence-corrected chi connectivity index (χ4v) is 1.99. The lowest BCUT2D eigenvalue weighted by Crippen LogP contribution is -2.15. The van der Waals surface area contributed by atoms with Crippen LogP contribution in [0.3, 0.4) is 0 Å².